The third kappa shape index (κ3) is 4.02. The van der Waals surface area contributed by atoms with Crippen molar-refractivity contribution in [1.82, 2.24) is 9.97 Å². The Morgan fingerprint density at radius 1 is 1.04 bits per heavy atom. The van der Waals surface area contributed by atoms with E-state index in [1.165, 1.54) is 11.8 Å². The van der Waals surface area contributed by atoms with Gasteiger partial charge in [0, 0.05) is 11.1 Å². The number of thiophene rings is 1. The fourth-order valence-corrected chi connectivity index (χ4v) is 4.60. The minimum Gasteiger partial charge on any atom is -0.325 e. The second kappa shape index (κ2) is 7.90. The molecule has 6 heteroatoms. The van der Waals surface area contributed by atoms with Gasteiger partial charge in [-0.25, -0.2) is 9.97 Å². The van der Waals surface area contributed by atoms with E-state index in [0.717, 1.165) is 32.1 Å². The third-order valence-corrected chi connectivity index (χ3v) is 6.21. The molecule has 1 atom stereocenters. The second-order valence-electron chi connectivity index (χ2n) is 6.08. The van der Waals surface area contributed by atoms with E-state index in [0.29, 0.717) is 0 Å². The van der Waals surface area contributed by atoms with Crippen molar-refractivity contribution in [3.63, 3.8) is 0 Å². The highest BCUT2D eigenvalue weighted by Crippen LogP contribution is 2.38. The van der Waals surface area contributed by atoms with E-state index in [2.05, 4.69) is 15.3 Å². The topological polar surface area (TPSA) is 54.9 Å². The number of aromatic nitrogens is 2. The minimum atomic E-state index is -0.412. The summed E-state index contributed by atoms with van der Waals surface area (Å²) in [5.41, 5.74) is 2.88. The largest absolute Gasteiger partial charge is 0.325 e. The smallest absolute Gasteiger partial charge is 0.242 e. The molecular formula is C21H17N3OS2. The van der Waals surface area contributed by atoms with Crippen molar-refractivity contribution in [3.8, 4) is 0 Å². The Morgan fingerprint density at radius 2 is 1.81 bits per heavy atom. The normalized spacial score (nSPS) is 12.0. The summed E-state index contributed by atoms with van der Waals surface area (Å²) < 4.78 is 0. The molecule has 4 rings (SSSR count). The lowest BCUT2D eigenvalue weighted by atomic mass is 10.1. The van der Waals surface area contributed by atoms with Gasteiger partial charge in [-0.15, -0.1) is 11.3 Å². The second-order valence-corrected chi connectivity index (χ2v) is 8.07. The number of nitrogens with one attached hydrogen (secondary N) is 1. The molecule has 2 aromatic carbocycles. The van der Waals surface area contributed by atoms with Gasteiger partial charge in [-0.2, -0.15) is 0 Å². The molecule has 0 aliphatic rings. The van der Waals surface area contributed by atoms with Crippen molar-refractivity contribution in [2.45, 2.75) is 17.2 Å². The number of benzene rings is 2. The van der Waals surface area contributed by atoms with Gasteiger partial charge in [0.05, 0.1) is 0 Å². The SMILES string of the molecule is Cc1ccc(NC(=O)[C@@H](Sc2ncnc3sccc23)c2ccccc2)cc1. The van der Waals surface area contributed by atoms with Crippen LogP contribution >= 0.6 is 23.1 Å². The molecule has 0 aliphatic heterocycles. The van der Waals surface area contributed by atoms with Crippen LogP contribution < -0.4 is 5.32 Å². The van der Waals surface area contributed by atoms with Gasteiger partial charge in [-0.1, -0.05) is 59.8 Å². The quantitative estimate of drug-likeness (QED) is 0.362. The van der Waals surface area contributed by atoms with Crippen molar-refractivity contribution >= 4 is 44.9 Å². The van der Waals surface area contributed by atoms with E-state index in [1.54, 1.807) is 17.7 Å². The molecule has 27 heavy (non-hydrogen) atoms. The van der Waals surface area contributed by atoms with Crippen LogP contribution in [0.2, 0.25) is 0 Å². The van der Waals surface area contributed by atoms with Crippen LogP contribution in [0.5, 0.6) is 0 Å². The number of aryl methyl sites for hydroxylation is 1. The number of anilines is 1. The maximum Gasteiger partial charge on any atom is 0.242 e. The highest BCUT2D eigenvalue weighted by atomic mass is 32.2. The Hall–Kier alpha value is -2.70. The first-order valence-electron chi connectivity index (χ1n) is 8.48. The van der Waals surface area contributed by atoms with E-state index in [1.807, 2.05) is 73.0 Å². The van der Waals surface area contributed by atoms with Crippen molar-refractivity contribution in [2.24, 2.45) is 0 Å². The Morgan fingerprint density at radius 3 is 2.59 bits per heavy atom. The van der Waals surface area contributed by atoms with E-state index >= 15 is 0 Å². The molecular weight excluding hydrogens is 374 g/mol. The van der Waals surface area contributed by atoms with E-state index in [9.17, 15) is 4.79 Å². The average Bonchev–Trinajstić information content (AvgIpc) is 3.18. The molecule has 2 heterocycles. The molecule has 0 spiro atoms. The Balaban J connectivity index is 1.66. The summed E-state index contributed by atoms with van der Waals surface area (Å²) >= 11 is 3.02. The molecule has 0 bridgehead atoms. The van der Waals surface area contributed by atoms with Gasteiger partial charge >= 0.3 is 0 Å². The minimum absolute atomic E-state index is 0.0722. The molecule has 0 saturated heterocycles. The maximum atomic E-state index is 13.1. The number of hydrogen-bond donors (Lipinski definition) is 1. The van der Waals surface area contributed by atoms with Gasteiger partial charge in [0.25, 0.3) is 0 Å². The molecule has 4 nitrogen and oxygen atoms in total. The predicted octanol–water partition coefficient (Wildman–Crippen LogP) is 5.47. The van der Waals surface area contributed by atoms with Crippen molar-refractivity contribution in [1.29, 1.82) is 0 Å². The van der Waals surface area contributed by atoms with E-state index in [-0.39, 0.29) is 5.91 Å². The van der Waals surface area contributed by atoms with Gasteiger partial charge in [-0.3, -0.25) is 4.79 Å². The molecule has 1 N–H and O–H groups in total. The number of nitrogens with zero attached hydrogens (tertiary/aromatic N) is 2. The summed E-state index contributed by atoms with van der Waals surface area (Å²) in [4.78, 5) is 22.8. The summed E-state index contributed by atoms with van der Waals surface area (Å²) in [6.45, 7) is 2.02. The lowest BCUT2D eigenvalue weighted by Crippen LogP contribution is -2.19. The van der Waals surface area contributed by atoms with E-state index in [4.69, 9.17) is 0 Å². The number of carbonyl (C=O) groups is 1. The molecule has 0 saturated carbocycles. The molecule has 134 valence electrons. The van der Waals surface area contributed by atoms with Crippen LogP contribution in [0.4, 0.5) is 5.69 Å². The molecule has 0 unspecified atom stereocenters. The summed E-state index contributed by atoms with van der Waals surface area (Å²) in [6.07, 6.45) is 1.56. The summed E-state index contributed by atoms with van der Waals surface area (Å²) in [5, 5.41) is 6.41. The summed E-state index contributed by atoms with van der Waals surface area (Å²) in [5.74, 6) is -0.0722. The van der Waals surface area contributed by atoms with Gasteiger partial charge in [0.1, 0.15) is 21.4 Å². The summed E-state index contributed by atoms with van der Waals surface area (Å²) in [6, 6.07) is 19.6. The highest BCUT2D eigenvalue weighted by Gasteiger charge is 2.24. The predicted molar refractivity (Wildman–Crippen MR) is 112 cm³/mol. The molecule has 0 aliphatic carbocycles. The standard InChI is InChI=1S/C21H17N3OS2/c1-14-7-9-16(10-8-14)24-19(25)18(15-5-3-2-4-6-15)27-21-17-11-12-26-20(17)22-13-23-21/h2-13,18H,1H3,(H,24,25)/t18-/m0/s1. The van der Waals surface area contributed by atoms with Crippen molar-refractivity contribution < 1.29 is 4.79 Å². The molecule has 4 aromatic rings. The lowest BCUT2D eigenvalue weighted by molar-refractivity contribution is -0.115. The first-order valence-corrected chi connectivity index (χ1v) is 10.2. The molecule has 1 amide bonds. The summed E-state index contributed by atoms with van der Waals surface area (Å²) in [7, 11) is 0. The first-order chi connectivity index (χ1) is 13.2. The number of hydrogen-bond acceptors (Lipinski definition) is 5. The zero-order valence-corrected chi connectivity index (χ0v) is 16.3. The first kappa shape index (κ1) is 17.7. The van der Waals surface area contributed by atoms with Crippen molar-refractivity contribution in [3.05, 3.63) is 83.5 Å². The molecule has 0 fully saturated rings. The van der Waals surface area contributed by atoms with Crippen LogP contribution in [-0.4, -0.2) is 15.9 Å². The number of rotatable bonds is 5. The Kier molecular flexibility index (Phi) is 5.18. The van der Waals surface area contributed by atoms with Gasteiger partial charge < -0.3 is 5.32 Å². The number of amides is 1. The maximum absolute atomic E-state index is 13.1. The number of thioether (sulfide) groups is 1. The third-order valence-electron chi connectivity index (χ3n) is 4.11. The monoisotopic (exact) mass is 391 g/mol. The number of carbonyl (C=O) groups excluding carboxylic acids is 1. The van der Waals surface area contributed by atoms with E-state index < -0.39 is 5.25 Å². The number of fused-ring (bicyclic) bond motifs is 1. The van der Waals surface area contributed by atoms with Crippen molar-refractivity contribution in [2.75, 3.05) is 5.32 Å². The molecule has 0 radical (unpaired) electrons. The Labute approximate surface area is 165 Å². The highest BCUT2D eigenvalue weighted by molar-refractivity contribution is 8.00. The van der Waals surface area contributed by atoms with Crippen LogP contribution in [0.3, 0.4) is 0 Å². The van der Waals surface area contributed by atoms with Gasteiger partial charge in [0.2, 0.25) is 5.91 Å². The fraction of sp³-hybridized carbons (Fsp3) is 0.0952. The van der Waals surface area contributed by atoms with Crippen LogP contribution in [0.15, 0.2) is 77.4 Å². The van der Waals surface area contributed by atoms with Crippen LogP contribution in [0, 0.1) is 6.92 Å². The van der Waals surface area contributed by atoms with Crippen LogP contribution in [-0.2, 0) is 4.79 Å². The zero-order valence-electron chi connectivity index (χ0n) is 14.6. The van der Waals surface area contributed by atoms with Crippen LogP contribution in [0.1, 0.15) is 16.4 Å². The molecule has 2 aromatic heterocycles. The Bertz CT molecular complexity index is 1060. The van der Waals surface area contributed by atoms with Gasteiger partial charge in [-0.05, 0) is 36.1 Å². The van der Waals surface area contributed by atoms with Crippen LogP contribution in [0.25, 0.3) is 10.2 Å². The zero-order chi connectivity index (χ0) is 18.6. The lowest BCUT2D eigenvalue weighted by Gasteiger charge is -2.17. The van der Waals surface area contributed by atoms with Gasteiger partial charge in [0.15, 0.2) is 0 Å². The average molecular weight is 392 g/mol. The fourth-order valence-electron chi connectivity index (χ4n) is 2.72.